The fraction of sp³-hybridized carbons (Fsp3) is 0.250. The Morgan fingerprint density at radius 3 is 2.80 bits per heavy atom. The van der Waals surface area contributed by atoms with E-state index in [4.69, 9.17) is 11.6 Å². The summed E-state index contributed by atoms with van der Waals surface area (Å²) in [5.41, 5.74) is 4.56. The van der Waals surface area contributed by atoms with Gasteiger partial charge in [0.2, 0.25) is 0 Å². The number of hydrogen-bond acceptors (Lipinski definition) is 1. The third kappa shape index (κ3) is 1.90. The first-order chi connectivity index (χ1) is 7.22. The molecule has 15 heavy (non-hydrogen) atoms. The number of halogens is 1. The van der Waals surface area contributed by atoms with Crippen LogP contribution in [0.1, 0.15) is 16.8 Å². The molecule has 1 aromatic heterocycles. The van der Waals surface area contributed by atoms with Gasteiger partial charge in [-0.25, -0.2) is 4.68 Å². The molecule has 2 nitrogen and oxygen atoms in total. The van der Waals surface area contributed by atoms with Crippen LogP contribution < -0.4 is 0 Å². The first-order valence-corrected chi connectivity index (χ1v) is 5.42. The Morgan fingerprint density at radius 2 is 2.07 bits per heavy atom. The van der Waals surface area contributed by atoms with E-state index >= 15 is 0 Å². The lowest BCUT2D eigenvalue weighted by atomic mass is 10.1. The first kappa shape index (κ1) is 10.2. The minimum atomic E-state index is 0.480. The van der Waals surface area contributed by atoms with Gasteiger partial charge in [-0.3, -0.25) is 0 Å². The van der Waals surface area contributed by atoms with E-state index in [1.54, 1.807) is 6.20 Å². The molecule has 0 aliphatic carbocycles. The minimum Gasteiger partial charge on any atom is -0.236 e. The van der Waals surface area contributed by atoms with Gasteiger partial charge in [0.05, 0.1) is 17.3 Å². The van der Waals surface area contributed by atoms with Crippen molar-refractivity contribution in [1.29, 1.82) is 0 Å². The molecular weight excluding hydrogens is 208 g/mol. The Morgan fingerprint density at radius 1 is 1.27 bits per heavy atom. The second-order valence-corrected chi connectivity index (χ2v) is 3.93. The van der Waals surface area contributed by atoms with E-state index < -0.39 is 0 Å². The zero-order valence-electron chi connectivity index (χ0n) is 8.87. The summed E-state index contributed by atoms with van der Waals surface area (Å²) in [4.78, 5) is 0. The van der Waals surface area contributed by atoms with E-state index in [-0.39, 0.29) is 0 Å². The van der Waals surface area contributed by atoms with E-state index in [1.165, 1.54) is 11.1 Å². The van der Waals surface area contributed by atoms with Gasteiger partial charge in [-0.15, -0.1) is 11.6 Å². The van der Waals surface area contributed by atoms with Crippen LogP contribution >= 0.6 is 11.6 Å². The standard InChI is InChI=1S/C12H13ClN2/c1-9-3-4-10(2)12(7-9)15-11(8-13)5-6-14-15/h3-7H,8H2,1-2H3. The summed E-state index contributed by atoms with van der Waals surface area (Å²) in [5, 5.41) is 4.29. The summed E-state index contributed by atoms with van der Waals surface area (Å²) in [5.74, 6) is 0.480. The van der Waals surface area contributed by atoms with Crippen LogP contribution in [0.5, 0.6) is 0 Å². The van der Waals surface area contributed by atoms with Gasteiger partial charge in [0.25, 0.3) is 0 Å². The molecule has 2 rings (SSSR count). The van der Waals surface area contributed by atoms with E-state index in [1.807, 2.05) is 10.7 Å². The van der Waals surface area contributed by atoms with Gasteiger partial charge < -0.3 is 0 Å². The van der Waals surface area contributed by atoms with E-state index in [0.717, 1.165) is 11.4 Å². The Labute approximate surface area is 94.5 Å². The summed E-state index contributed by atoms with van der Waals surface area (Å²) in [6.45, 7) is 4.15. The summed E-state index contributed by atoms with van der Waals surface area (Å²) in [6.07, 6.45) is 1.78. The van der Waals surface area contributed by atoms with Crippen LogP contribution in [0.25, 0.3) is 5.69 Å². The van der Waals surface area contributed by atoms with Crippen LogP contribution in [0, 0.1) is 13.8 Å². The van der Waals surface area contributed by atoms with Gasteiger partial charge in [0.1, 0.15) is 0 Å². The summed E-state index contributed by atoms with van der Waals surface area (Å²) >= 11 is 5.85. The van der Waals surface area contributed by atoms with Crippen LogP contribution in [0.3, 0.4) is 0 Å². The monoisotopic (exact) mass is 220 g/mol. The quantitative estimate of drug-likeness (QED) is 0.711. The molecule has 0 amide bonds. The van der Waals surface area contributed by atoms with Crippen LogP contribution in [0.15, 0.2) is 30.5 Å². The molecule has 0 aliphatic rings. The van der Waals surface area contributed by atoms with Crippen molar-refractivity contribution in [2.24, 2.45) is 0 Å². The molecule has 2 aromatic rings. The summed E-state index contributed by atoms with van der Waals surface area (Å²) in [7, 11) is 0. The molecule has 1 heterocycles. The molecule has 1 aromatic carbocycles. The predicted octanol–water partition coefficient (Wildman–Crippen LogP) is 3.23. The van der Waals surface area contributed by atoms with Gasteiger partial charge >= 0.3 is 0 Å². The van der Waals surface area contributed by atoms with E-state index in [0.29, 0.717) is 5.88 Å². The van der Waals surface area contributed by atoms with Gasteiger partial charge in [0, 0.05) is 6.20 Å². The highest BCUT2D eigenvalue weighted by Gasteiger charge is 2.06. The van der Waals surface area contributed by atoms with Crippen molar-refractivity contribution < 1.29 is 0 Å². The normalized spacial score (nSPS) is 10.6. The zero-order chi connectivity index (χ0) is 10.8. The number of rotatable bonds is 2. The van der Waals surface area contributed by atoms with Crippen molar-refractivity contribution in [3.05, 3.63) is 47.3 Å². The fourth-order valence-electron chi connectivity index (χ4n) is 1.60. The highest BCUT2D eigenvalue weighted by molar-refractivity contribution is 6.16. The number of benzene rings is 1. The number of aromatic nitrogens is 2. The Bertz CT molecular complexity index is 474. The molecule has 0 spiro atoms. The zero-order valence-corrected chi connectivity index (χ0v) is 9.62. The second-order valence-electron chi connectivity index (χ2n) is 3.66. The topological polar surface area (TPSA) is 17.8 Å². The van der Waals surface area contributed by atoms with Crippen LogP contribution in [-0.2, 0) is 5.88 Å². The van der Waals surface area contributed by atoms with Crippen molar-refractivity contribution in [2.75, 3.05) is 0 Å². The first-order valence-electron chi connectivity index (χ1n) is 4.89. The van der Waals surface area contributed by atoms with Gasteiger partial charge in [-0.1, -0.05) is 12.1 Å². The molecule has 0 unspecified atom stereocenters. The average molecular weight is 221 g/mol. The van der Waals surface area contributed by atoms with E-state index in [9.17, 15) is 0 Å². The summed E-state index contributed by atoms with van der Waals surface area (Å²) in [6, 6.07) is 8.26. The minimum absolute atomic E-state index is 0.480. The van der Waals surface area contributed by atoms with Gasteiger partial charge in [-0.2, -0.15) is 5.10 Å². The average Bonchev–Trinajstić information content (AvgIpc) is 2.69. The SMILES string of the molecule is Cc1ccc(C)c(-n2nccc2CCl)c1. The molecule has 0 N–H and O–H groups in total. The maximum absolute atomic E-state index is 5.85. The molecule has 0 fully saturated rings. The highest BCUT2D eigenvalue weighted by atomic mass is 35.5. The third-order valence-electron chi connectivity index (χ3n) is 2.45. The molecule has 0 aliphatic heterocycles. The lowest BCUT2D eigenvalue weighted by Gasteiger charge is -2.09. The maximum Gasteiger partial charge on any atom is 0.0681 e. The van der Waals surface area contributed by atoms with Crippen LogP contribution in [0.2, 0.25) is 0 Å². The molecule has 0 radical (unpaired) electrons. The number of nitrogens with zero attached hydrogens (tertiary/aromatic N) is 2. The molecule has 3 heteroatoms. The Kier molecular flexibility index (Phi) is 2.78. The number of alkyl halides is 1. The maximum atomic E-state index is 5.85. The third-order valence-corrected chi connectivity index (χ3v) is 2.72. The highest BCUT2D eigenvalue weighted by Crippen LogP contribution is 2.17. The number of hydrogen-bond donors (Lipinski definition) is 0. The smallest absolute Gasteiger partial charge is 0.0681 e. The molecular formula is C12H13ClN2. The molecule has 78 valence electrons. The molecule has 0 bridgehead atoms. The van der Waals surface area contributed by atoms with Crippen molar-refractivity contribution in [3.8, 4) is 5.69 Å². The molecule has 0 saturated carbocycles. The van der Waals surface area contributed by atoms with Crippen molar-refractivity contribution >= 4 is 11.6 Å². The Balaban J connectivity index is 2.58. The largest absolute Gasteiger partial charge is 0.236 e. The van der Waals surface area contributed by atoms with Gasteiger partial charge in [0.15, 0.2) is 0 Å². The van der Waals surface area contributed by atoms with Crippen LogP contribution in [0.4, 0.5) is 0 Å². The number of aryl methyl sites for hydroxylation is 2. The molecule has 0 atom stereocenters. The van der Waals surface area contributed by atoms with Crippen molar-refractivity contribution in [3.63, 3.8) is 0 Å². The van der Waals surface area contributed by atoms with Crippen molar-refractivity contribution in [2.45, 2.75) is 19.7 Å². The summed E-state index contributed by atoms with van der Waals surface area (Å²) < 4.78 is 1.90. The van der Waals surface area contributed by atoms with Crippen molar-refractivity contribution in [1.82, 2.24) is 9.78 Å². The lowest BCUT2D eigenvalue weighted by Crippen LogP contribution is -2.02. The predicted molar refractivity (Wildman–Crippen MR) is 62.6 cm³/mol. The van der Waals surface area contributed by atoms with E-state index in [2.05, 4.69) is 37.1 Å². The fourth-order valence-corrected chi connectivity index (χ4v) is 1.80. The second kappa shape index (κ2) is 4.07. The Hall–Kier alpha value is -1.28. The molecule has 0 saturated heterocycles. The van der Waals surface area contributed by atoms with Gasteiger partial charge in [-0.05, 0) is 37.1 Å². The van der Waals surface area contributed by atoms with Crippen LogP contribution in [-0.4, -0.2) is 9.78 Å². The lowest BCUT2D eigenvalue weighted by molar-refractivity contribution is 0.832.